The summed E-state index contributed by atoms with van der Waals surface area (Å²) >= 11 is 0. The zero-order chi connectivity index (χ0) is 15.6. The number of nitrogens with one attached hydrogen (secondary N) is 3. The largest absolute Gasteiger partial charge is 0.383 e. The Morgan fingerprint density at radius 3 is 2.71 bits per heavy atom. The fraction of sp³-hybridized carbons (Fsp3) is 0.615. The molecule has 0 radical (unpaired) electrons. The number of hydrogen-bond donors (Lipinski definition) is 4. The lowest BCUT2D eigenvalue weighted by Gasteiger charge is -2.24. The summed E-state index contributed by atoms with van der Waals surface area (Å²) in [5.41, 5.74) is 4.89. The maximum atomic E-state index is 11.9. The van der Waals surface area contributed by atoms with Crippen molar-refractivity contribution >= 4 is 17.4 Å². The molecule has 1 fully saturated rings. The van der Waals surface area contributed by atoms with Crippen LogP contribution < -0.4 is 27.6 Å². The van der Waals surface area contributed by atoms with E-state index in [1.54, 1.807) is 0 Å². The topological polar surface area (TPSA) is 122 Å². The third-order valence-corrected chi connectivity index (χ3v) is 3.39. The van der Waals surface area contributed by atoms with Crippen molar-refractivity contribution in [1.29, 1.82) is 0 Å². The van der Waals surface area contributed by atoms with Gasteiger partial charge in [0.05, 0.1) is 0 Å². The van der Waals surface area contributed by atoms with Crippen LogP contribution in [0.15, 0.2) is 9.59 Å². The predicted molar refractivity (Wildman–Crippen MR) is 80.2 cm³/mol. The van der Waals surface area contributed by atoms with E-state index >= 15 is 0 Å². The molecular weight excluding hydrogens is 274 g/mol. The monoisotopic (exact) mass is 295 g/mol. The molecule has 2 heterocycles. The van der Waals surface area contributed by atoms with Gasteiger partial charge in [0, 0.05) is 13.1 Å². The first-order valence-corrected chi connectivity index (χ1v) is 7.07. The number of amides is 1. The van der Waals surface area contributed by atoms with E-state index in [0.29, 0.717) is 19.5 Å². The van der Waals surface area contributed by atoms with Crippen LogP contribution in [0, 0.1) is 5.92 Å². The highest BCUT2D eigenvalue weighted by Gasteiger charge is 2.24. The number of H-pyrrole nitrogens is 1. The minimum atomic E-state index is -0.601. The van der Waals surface area contributed by atoms with Crippen LogP contribution >= 0.6 is 0 Å². The predicted octanol–water partition coefficient (Wildman–Crippen LogP) is -0.535. The lowest BCUT2D eigenvalue weighted by Crippen LogP contribution is -2.46. The SMILES string of the molecule is CC(C)Cn1c(N)c(NC2CCCNC2=O)c(=O)[nH]c1=O. The average Bonchev–Trinajstić information content (AvgIpc) is 2.41. The Morgan fingerprint density at radius 1 is 1.38 bits per heavy atom. The number of piperidine rings is 1. The van der Waals surface area contributed by atoms with Crippen LogP contribution in [0.25, 0.3) is 0 Å². The van der Waals surface area contributed by atoms with Crippen LogP contribution in [0.4, 0.5) is 11.5 Å². The molecule has 1 atom stereocenters. The molecule has 5 N–H and O–H groups in total. The zero-order valence-electron chi connectivity index (χ0n) is 12.2. The molecule has 116 valence electrons. The van der Waals surface area contributed by atoms with Gasteiger partial charge < -0.3 is 16.4 Å². The molecule has 1 aliphatic heterocycles. The number of carbonyl (C=O) groups is 1. The number of nitrogens with zero attached hydrogens (tertiary/aromatic N) is 1. The number of nitrogens with two attached hydrogens (primary N) is 1. The van der Waals surface area contributed by atoms with E-state index in [4.69, 9.17) is 5.73 Å². The second-order valence-corrected chi connectivity index (χ2v) is 5.65. The molecule has 21 heavy (non-hydrogen) atoms. The van der Waals surface area contributed by atoms with Crippen LogP contribution in [0.1, 0.15) is 26.7 Å². The van der Waals surface area contributed by atoms with Gasteiger partial charge in [-0.1, -0.05) is 13.8 Å². The van der Waals surface area contributed by atoms with Gasteiger partial charge in [0.15, 0.2) is 0 Å². The fourth-order valence-corrected chi connectivity index (χ4v) is 2.36. The summed E-state index contributed by atoms with van der Waals surface area (Å²) in [4.78, 5) is 37.8. The number of rotatable bonds is 4. The van der Waals surface area contributed by atoms with Crippen molar-refractivity contribution in [3.63, 3.8) is 0 Å². The first kappa shape index (κ1) is 15.1. The molecule has 8 heteroatoms. The van der Waals surface area contributed by atoms with Gasteiger partial charge in [-0.3, -0.25) is 19.1 Å². The van der Waals surface area contributed by atoms with Crippen molar-refractivity contribution in [3.8, 4) is 0 Å². The molecule has 1 amide bonds. The van der Waals surface area contributed by atoms with Crippen molar-refractivity contribution in [2.75, 3.05) is 17.6 Å². The highest BCUT2D eigenvalue weighted by Crippen LogP contribution is 2.16. The Balaban J connectivity index is 2.36. The number of carbonyl (C=O) groups excluding carboxylic acids is 1. The van der Waals surface area contributed by atoms with Gasteiger partial charge in [-0.2, -0.15) is 0 Å². The summed E-state index contributed by atoms with van der Waals surface area (Å²) in [6, 6.07) is -0.507. The standard InChI is InChI=1S/C13H21N5O3/c1-7(2)6-18-10(14)9(12(20)17-13(18)21)16-8-4-3-5-15-11(8)19/h7-8,16H,3-6,14H2,1-2H3,(H,15,19)(H,17,20,21). The molecule has 0 spiro atoms. The van der Waals surface area contributed by atoms with E-state index < -0.39 is 17.3 Å². The second-order valence-electron chi connectivity index (χ2n) is 5.65. The van der Waals surface area contributed by atoms with Gasteiger partial charge in [-0.25, -0.2) is 4.79 Å². The normalized spacial score (nSPS) is 18.6. The van der Waals surface area contributed by atoms with Gasteiger partial charge >= 0.3 is 5.69 Å². The molecule has 8 nitrogen and oxygen atoms in total. The molecule has 1 aromatic heterocycles. The molecule has 1 saturated heterocycles. The van der Waals surface area contributed by atoms with E-state index in [1.807, 2.05) is 13.8 Å². The number of hydrogen-bond acceptors (Lipinski definition) is 5. The molecule has 0 aromatic carbocycles. The Bertz CT molecular complexity index is 646. The van der Waals surface area contributed by atoms with E-state index in [1.165, 1.54) is 4.57 Å². The van der Waals surface area contributed by atoms with Crippen LogP contribution in [0.2, 0.25) is 0 Å². The van der Waals surface area contributed by atoms with Crippen molar-refractivity contribution in [1.82, 2.24) is 14.9 Å². The third-order valence-electron chi connectivity index (χ3n) is 3.39. The quantitative estimate of drug-likeness (QED) is 0.594. The maximum Gasteiger partial charge on any atom is 0.330 e. The summed E-state index contributed by atoms with van der Waals surface area (Å²) in [5, 5.41) is 5.59. The van der Waals surface area contributed by atoms with Crippen LogP contribution in [-0.2, 0) is 11.3 Å². The van der Waals surface area contributed by atoms with E-state index in [9.17, 15) is 14.4 Å². The summed E-state index contributed by atoms with van der Waals surface area (Å²) in [6.45, 7) is 4.92. The molecular formula is C13H21N5O3. The van der Waals surface area contributed by atoms with E-state index in [-0.39, 0.29) is 23.3 Å². The van der Waals surface area contributed by atoms with Gasteiger partial charge in [0.2, 0.25) is 5.91 Å². The molecule has 1 unspecified atom stereocenters. The van der Waals surface area contributed by atoms with Gasteiger partial charge in [0.1, 0.15) is 17.5 Å². The molecule has 1 aromatic rings. The maximum absolute atomic E-state index is 11.9. The number of aromatic nitrogens is 2. The molecule has 2 rings (SSSR count). The lowest BCUT2D eigenvalue weighted by atomic mass is 10.1. The Morgan fingerprint density at radius 2 is 2.10 bits per heavy atom. The minimum absolute atomic E-state index is 0.0656. The Labute approximate surface area is 121 Å². The number of anilines is 2. The minimum Gasteiger partial charge on any atom is -0.383 e. The third kappa shape index (κ3) is 3.26. The Kier molecular flexibility index (Phi) is 4.35. The lowest BCUT2D eigenvalue weighted by molar-refractivity contribution is -0.123. The molecule has 0 bridgehead atoms. The summed E-state index contributed by atoms with van der Waals surface area (Å²) in [6.07, 6.45) is 1.45. The van der Waals surface area contributed by atoms with E-state index in [0.717, 1.165) is 6.42 Å². The summed E-state index contributed by atoms with van der Waals surface area (Å²) < 4.78 is 1.31. The van der Waals surface area contributed by atoms with Crippen LogP contribution in [0.5, 0.6) is 0 Å². The Hall–Kier alpha value is -2.25. The van der Waals surface area contributed by atoms with Gasteiger partial charge in [-0.05, 0) is 18.8 Å². The highest BCUT2D eigenvalue weighted by atomic mass is 16.2. The molecule has 0 saturated carbocycles. The van der Waals surface area contributed by atoms with Crippen LogP contribution in [-0.4, -0.2) is 28.0 Å². The summed E-state index contributed by atoms with van der Waals surface area (Å²) in [5.74, 6) is 0.0965. The van der Waals surface area contributed by atoms with Crippen molar-refractivity contribution in [2.24, 2.45) is 5.92 Å². The van der Waals surface area contributed by atoms with Gasteiger partial charge in [-0.15, -0.1) is 0 Å². The fourth-order valence-electron chi connectivity index (χ4n) is 2.36. The van der Waals surface area contributed by atoms with Crippen LogP contribution in [0.3, 0.4) is 0 Å². The first-order valence-electron chi connectivity index (χ1n) is 7.07. The molecule has 0 aliphatic carbocycles. The van der Waals surface area contributed by atoms with E-state index in [2.05, 4.69) is 15.6 Å². The highest BCUT2D eigenvalue weighted by molar-refractivity contribution is 5.86. The van der Waals surface area contributed by atoms with Crippen molar-refractivity contribution in [2.45, 2.75) is 39.3 Å². The number of aromatic amines is 1. The first-order chi connectivity index (χ1) is 9.90. The second kappa shape index (κ2) is 6.02. The number of nitrogen functional groups attached to an aromatic ring is 1. The smallest absolute Gasteiger partial charge is 0.330 e. The van der Waals surface area contributed by atoms with Crippen molar-refractivity contribution < 1.29 is 4.79 Å². The zero-order valence-corrected chi connectivity index (χ0v) is 12.2. The molecule has 1 aliphatic rings. The van der Waals surface area contributed by atoms with Crippen molar-refractivity contribution in [3.05, 3.63) is 20.8 Å². The average molecular weight is 295 g/mol. The summed E-state index contributed by atoms with van der Waals surface area (Å²) in [7, 11) is 0. The van der Waals surface area contributed by atoms with Gasteiger partial charge in [0.25, 0.3) is 5.56 Å².